The minimum absolute atomic E-state index is 0.0901. The van der Waals surface area contributed by atoms with E-state index in [1.165, 1.54) is 12.8 Å². The number of carbonyl (C=O) groups excluding carboxylic acids is 1. The molecule has 144 valence electrons. The van der Waals surface area contributed by atoms with E-state index in [-0.39, 0.29) is 5.91 Å². The van der Waals surface area contributed by atoms with Gasteiger partial charge < -0.3 is 15.2 Å². The molecule has 2 N–H and O–H groups in total. The smallest absolute Gasteiger partial charge is 0.253 e. The fraction of sp³-hybridized carbons (Fsp3) is 0.333. The van der Waals surface area contributed by atoms with E-state index >= 15 is 0 Å². The number of nitrogens with zero attached hydrogens (tertiary/aromatic N) is 4. The third kappa shape index (κ3) is 4.19. The number of hydrogen-bond donors (Lipinski definition) is 2. The Morgan fingerprint density at radius 1 is 1.11 bits per heavy atom. The maximum absolute atomic E-state index is 12.7. The third-order valence-corrected chi connectivity index (χ3v) is 4.95. The summed E-state index contributed by atoms with van der Waals surface area (Å²) in [7, 11) is 0. The molecule has 0 spiro atoms. The average molecular weight is 376 g/mol. The number of aryl methyl sites for hydroxylation is 1. The molecule has 0 radical (unpaired) electrons. The number of benzene rings is 1. The maximum atomic E-state index is 12.7. The van der Waals surface area contributed by atoms with E-state index in [0.29, 0.717) is 25.1 Å². The van der Waals surface area contributed by atoms with Gasteiger partial charge >= 0.3 is 0 Å². The van der Waals surface area contributed by atoms with Crippen molar-refractivity contribution < 1.29 is 4.79 Å². The van der Waals surface area contributed by atoms with Crippen LogP contribution in [0.5, 0.6) is 0 Å². The number of amides is 1. The van der Waals surface area contributed by atoms with E-state index in [9.17, 15) is 4.79 Å². The predicted molar refractivity (Wildman–Crippen MR) is 107 cm³/mol. The van der Waals surface area contributed by atoms with Crippen LogP contribution in [0.2, 0.25) is 0 Å². The lowest BCUT2D eigenvalue weighted by Crippen LogP contribution is -2.27. The van der Waals surface area contributed by atoms with Gasteiger partial charge in [0.25, 0.3) is 5.91 Å². The third-order valence-electron chi connectivity index (χ3n) is 4.95. The van der Waals surface area contributed by atoms with Gasteiger partial charge in [-0.25, -0.2) is 0 Å². The fourth-order valence-electron chi connectivity index (χ4n) is 3.47. The highest BCUT2D eigenvalue weighted by Gasteiger charge is 2.16. The van der Waals surface area contributed by atoms with E-state index in [0.717, 1.165) is 35.9 Å². The van der Waals surface area contributed by atoms with Gasteiger partial charge in [-0.05, 0) is 36.6 Å². The lowest BCUT2D eigenvalue weighted by molar-refractivity contribution is 0.0954. The highest BCUT2D eigenvalue weighted by atomic mass is 16.1. The Morgan fingerprint density at radius 2 is 2.04 bits per heavy atom. The number of hydrogen-bond acceptors (Lipinski definition) is 5. The van der Waals surface area contributed by atoms with Crippen LogP contribution in [0.25, 0.3) is 0 Å². The summed E-state index contributed by atoms with van der Waals surface area (Å²) in [6.45, 7) is 2.13. The van der Waals surface area contributed by atoms with Crippen LogP contribution in [0.1, 0.15) is 40.4 Å². The van der Waals surface area contributed by atoms with Crippen molar-refractivity contribution >= 4 is 11.6 Å². The Hall–Kier alpha value is -3.22. The topological polar surface area (TPSA) is 84.7 Å². The van der Waals surface area contributed by atoms with Crippen LogP contribution in [0.3, 0.4) is 0 Å². The molecule has 7 nitrogen and oxygen atoms in total. The molecule has 0 saturated carbocycles. The molecule has 1 aliphatic heterocycles. The number of nitrogens with one attached hydrogen (secondary N) is 2. The first-order valence-electron chi connectivity index (χ1n) is 9.72. The Labute approximate surface area is 164 Å². The minimum Gasteiger partial charge on any atom is -0.380 e. The molecule has 3 aromatic rings. The first-order chi connectivity index (χ1) is 13.8. The summed E-state index contributed by atoms with van der Waals surface area (Å²) >= 11 is 0. The SMILES string of the molecule is O=C(NCCc1nnc2n1CCCC2)c1ccccc1NCc1cccnc1. The first kappa shape index (κ1) is 18.2. The molecule has 0 fully saturated rings. The Bertz CT molecular complexity index is 937. The summed E-state index contributed by atoms with van der Waals surface area (Å²) in [5.74, 6) is 1.93. The normalized spacial score (nSPS) is 13.0. The van der Waals surface area contributed by atoms with E-state index in [4.69, 9.17) is 0 Å². The Kier molecular flexibility index (Phi) is 5.61. The quantitative estimate of drug-likeness (QED) is 0.662. The van der Waals surface area contributed by atoms with Crippen LogP contribution < -0.4 is 10.6 Å². The van der Waals surface area contributed by atoms with Crippen molar-refractivity contribution in [1.82, 2.24) is 25.1 Å². The van der Waals surface area contributed by atoms with E-state index in [1.54, 1.807) is 6.20 Å². The molecule has 28 heavy (non-hydrogen) atoms. The number of anilines is 1. The van der Waals surface area contributed by atoms with Crippen molar-refractivity contribution in [3.63, 3.8) is 0 Å². The zero-order chi connectivity index (χ0) is 19.2. The molecule has 2 aromatic heterocycles. The van der Waals surface area contributed by atoms with Gasteiger partial charge in [0.1, 0.15) is 11.6 Å². The molecule has 3 heterocycles. The van der Waals surface area contributed by atoms with E-state index in [2.05, 4.69) is 30.4 Å². The van der Waals surface area contributed by atoms with Crippen molar-refractivity contribution in [1.29, 1.82) is 0 Å². The number of para-hydroxylation sites is 1. The number of pyridine rings is 1. The first-order valence-corrected chi connectivity index (χ1v) is 9.72. The van der Waals surface area contributed by atoms with Gasteiger partial charge in [-0.3, -0.25) is 9.78 Å². The summed E-state index contributed by atoms with van der Waals surface area (Å²) in [5, 5.41) is 14.9. The van der Waals surface area contributed by atoms with E-state index in [1.807, 2.05) is 42.6 Å². The fourth-order valence-corrected chi connectivity index (χ4v) is 3.47. The van der Waals surface area contributed by atoms with Gasteiger partial charge in [0.05, 0.1) is 5.56 Å². The second-order valence-electron chi connectivity index (χ2n) is 6.91. The molecule has 1 aliphatic rings. The molecule has 0 aliphatic carbocycles. The van der Waals surface area contributed by atoms with Gasteiger partial charge in [0, 0.05) is 50.6 Å². The van der Waals surface area contributed by atoms with Crippen molar-refractivity contribution in [2.24, 2.45) is 0 Å². The lowest BCUT2D eigenvalue weighted by atomic mass is 10.1. The van der Waals surface area contributed by atoms with Gasteiger partial charge in [-0.2, -0.15) is 0 Å². The van der Waals surface area contributed by atoms with Crippen molar-refractivity contribution in [3.8, 4) is 0 Å². The molecule has 1 amide bonds. The monoisotopic (exact) mass is 376 g/mol. The zero-order valence-electron chi connectivity index (χ0n) is 15.8. The van der Waals surface area contributed by atoms with E-state index < -0.39 is 0 Å². The molecule has 1 aromatic carbocycles. The van der Waals surface area contributed by atoms with Gasteiger partial charge in [0.15, 0.2) is 0 Å². The maximum Gasteiger partial charge on any atom is 0.253 e. The summed E-state index contributed by atoms with van der Waals surface area (Å²) in [6, 6.07) is 11.4. The largest absolute Gasteiger partial charge is 0.380 e. The molecule has 0 unspecified atom stereocenters. The summed E-state index contributed by atoms with van der Waals surface area (Å²) in [6.07, 6.45) is 7.59. The van der Waals surface area contributed by atoms with Crippen LogP contribution in [-0.2, 0) is 25.9 Å². The standard InChI is InChI=1S/C21H24N6O/c28-21(23-12-10-20-26-25-19-9-3-4-13-27(19)20)17-7-1-2-8-18(17)24-15-16-6-5-11-22-14-16/h1-2,5-8,11,14,24H,3-4,9-10,12-13,15H2,(H,23,28). The minimum atomic E-state index is -0.0901. The average Bonchev–Trinajstić information content (AvgIpc) is 3.16. The number of fused-ring (bicyclic) bond motifs is 1. The van der Waals surface area contributed by atoms with Crippen LogP contribution in [0.4, 0.5) is 5.69 Å². The van der Waals surface area contributed by atoms with Gasteiger partial charge in [0.2, 0.25) is 0 Å². The van der Waals surface area contributed by atoms with Crippen molar-refractivity contribution in [2.45, 2.75) is 38.8 Å². The molecule has 7 heteroatoms. The highest BCUT2D eigenvalue weighted by molar-refractivity contribution is 5.99. The number of carbonyl (C=O) groups is 1. The van der Waals surface area contributed by atoms with Gasteiger partial charge in [-0.1, -0.05) is 18.2 Å². The molecule has 0 atom stereocenters. The molecular formula is C21H24N6O. The summed E-state index contributed by atoms with van der Waals surface area (Å²) in [4.78, 5) is 16.8. The molecule has 0 saturated heterocycles. The summed E-state index contributed by atoms with van der Waals surface area (Å²) < 4.78 is 2.19. The van der Waals surface area contributed by atoms with Gasteiger partial charge in [-0.15, -0.1) is 10.2 Å². The molecular weight excluding hydrogens is 352 g/mol. The molecule has 0 bridgehead atoms. The zero-order valence-corrected chi connectivity index (χ0v) is 15.8. The lowest BCUT2D eigenvalue weighted by Gasteiger charge is -2.15. The second-order valence-corrected chi connectivity index (χ2v) is 6.91. The predicted octanol–water partition coefficient (Wildman–Crippen LogP) is 2.59. The Balaban J connectivity index is 1.35. The van der Waals surface area contributed by atoms with Crippen LogP contribution in [-0.4, -0.2) is 32.2 Å². The Morgan fingerprint density at radius 3 is 2.93 bits per heavy atom. The second kappa shape index (κ2) is 8.65. The summed E-state index contributed by atoms with van der Waals surface area (Å²) in [5.41, 5.74) is 2.51. The number of aromatic nitrogens is 4. The van der Waals surface area contributed by atoms with Crippen LogP contribution >= 0.6 is 0 Å². The highest BCUT2D eigenvalue weighted by Crippen LogP contribution is 2.17. The van der Waals surface area contributed by atoms with Crippen molar-refractivity contribution in [3.05, 3.63) is 71.6 Å². The number of rotatable bonds is 7. The molecule has 4 rings (SSSR count). The van der Waals surface area contributed by atoms with Crippen LogP contribution in [0, 0.1) is 0 Å². The van der Waals surface area contributed by atoms with Crippen LogP contribution in [0.15, 0.2) is 48.8 Å². The van der Waals surface area contributed by atoms with Crippen molar-refractivity contribution in [2.75, 3.05) is 11.9 Å².